The highest BCUT2D eigenvalue weighted by Gasteiger charge is 2.10. The Morgan fingerprint density at radius 2 is 2.19 bits per heavy atom. The number of likely N-dealkylation sites (N-methyl/N-ethyl adjacent to an activating group) is 1. The molecule has 21 heavy (non-hydrogen) atoms. The molecular formula is C17H25N3O. The minimum atomic E-state index is 0.346. The average Bonchev–Trinajstić information content (AvgIpc) is 2.47. The fourth-order valence-corrected chi connectivity index (χ4v) is 2.64. The van der Waals surface area contributed by atoms with Gasteiger partial charge in [-0.2, -0.15) is 0 Å². The molecule has 0 amide bonds. The fraction of sp³-hybridized carbons (Fsp3) is 0.471. The summed E-state index contributed by atoms with van der Waals surface area (Å²) in [5, 5.41) is 4.66. The Kier molecular flexibility index (Phi) is 5.39. The SMILES string of the molecule is CCCN(C)CC(C)Nc1cc(OC)cc2cccnc12. The number of pyridine rings is 1. The predicted molar refractivity (Wildman–Crippen MR) is 89.2 cm³/mol. The van der Waals surface area contributed by atoms with Gasteiger partial charge in [0.25, 0.3) is 0 Å². The summed E-state index contributed by atoms with van der Waals surface area (Å²) in [5.74, 6) is 0.854. The van der Waals surface area contributed by atoms with E-state index in [9.17, 15) is 0 Å². The van der Waals surface area contributed by atoms with Crippen LogP contribution in [0, 0.1) is 0 Å². The lowest BCUT2D eigenvalue weighted by atomic mass is 10.1. The minimum absolute atomic E-state index is 0.346. The van der Waals surface area contributed by atoms with E-state index < -0.39 is 0 Å². The van der Waals surface area contributed by atoms with Gasteiger partial charge in [-0.15, -0.1) is 0 Å². The highest BCUT2D eigenvalue weighted by atomic mass is 16.5. The van der Waals surface area contributed by atoms with Gasteiger partial charge in [-0.1, -0.05) is 13.0 Å². The van der Waals surface area contributed by atoms with Crippen LogP contribution in [0.1, 0.15) is 20.3 Å². The second-order valence-corrected chi connectivity index (χ2v) is 5.56. The number of ether oxygens (including phenoxy) is 1. The molecule has 0 radical (unpaired) electrons. The number of methoxy groups -OCH3 is 1. The number of anilines is 1. The van der Waals surface area contributed by atoms with Crippen molar-refractivity contribution in [2.24, 2.45) is 0 Å². The van der Waals surface area contributed by atoms with E-state index in [1.54, 1.807) is 7.11 Å². The molecule has 1 unspecified atom stereocenters. The Morgan fingerprint density at radius 3 is 2.90 bits per heavy atom. The number of rotatable bonds is 7. The van der Waals surface area contributed by atoms with E-state index >= 15 is 0 Å². The molecule has 1 heterocycles. The maximum Gasteiger partial charge on any atom is 0.121 e. The highest BCUT2D eigenvalue weighted by Crippen LogP contribution is 2.28. The maximum atomic E-state index is 5.39. The molecule has 2 rings (SSSR count). The second kappa shape index (κ2) is 7.27. The van der Waals surface area contributed by atoms with Crippen molar-refractivity contribution in [1.29, 1.82) is 0 Å². The van der Waals surface area contributed by atoms with Crippen LogP contribution in [0.2, 0.25) is 0 Å². The summed E-state index contributed by atoms with van der Waals surface area (Å²) in [6.45, 7) is 6.51. The first-order chi connectivity index (χ1) is 10.1. The van der Waals surface area contributed by atoms with E-state index in [-0.39, 0.29) is 0 Å². The molecule has 4 nitrogen and oxygen atoms in total. The van der Waals surface area contributed by atoms with Gasteiger partial charge in [0.05, 0.1) is 18.3 Å². The van der Waals surface area contributed by atoms with E-state index in [4.69, 9.17) is 4.74 Å². The molecule has 0 spiro atoms. The largest absolute Gasteiger partial charge is 0.497 e. The Hall–Kier alpha value is -1.81. The Balaban J connectivity index is 2.20. The first-order valence-electron chi connectivity index (χ1n) is 7.52. The molecule has 0 aliphatic heterocycles. The van der Waals surface area contributed by atoms with Crippen molar-refractivity contribution >= 4 is 16.6 Å². The quantitative estimate of drug-likeness (QED) is 0.847. The van der Waals surface area contributed by atoms with Crippen molar-refractivity contribution in [3.63, 3.8) is 0 Å². The summed E-state index contributed by atoms with van der Waals surface area (Å²) in [6, 6.07) is 8.39. The van der Waals surface area contributed by atoms with E-state index in [1.807, 2.05) is 24.4 Å². The predicted octanol–water partition coefficient (Wildman–Crippen LogP) is 3.39. The lowest BCUT2D eigenvalue weighted by Gasteiger charge is -2.23. The van der Waals surface area contributed by atoms with Crippen molar-refractivity contribution in [2.75, 3.05) is 32.6 Å². The van der Waals surface area contributed by atoms with Crippen molar-refractivity contribution in [1.82, 2.24) is 9.88 Å². The number of benzene rings is 1. The zero-order valence-electron chi connectivity index (χ0n) is 13.4. The number of aromatic nitrogens is 1. The summed E-state index contributed by atoms with van der Waals surface area (Å²) < 4.78 is 5.39. The molecule has 0 aliphatic rings. The Labute approximate surface area is 127 Å². The Bertz CT molecular complexity index is 585. The molecule has 1 atom stereocenters. The van der Waals surface area contributed by atoms with Crippen molar-refractivity contribution in [2.45, 2.75) is 26.3 Å². The standard InChI is InChI=1S/C17H25N3O/c1-5-9-20(3)12-13(2)19-16-11-15(21-4)10-14-7-6-8-18-17(14)16/h6-8,10-11,13,19H,5,9,12H2,1-4H3. The van der Waals surface area contributed by atoms with Gasteiger partial charge >= 0.3 is 0 Å². The van der Waals surface area contributed by atoms with Crippen LogP contribution >= 0.6 is 0 Å². The lowest BCUT2D eigenvalue weighted by Crippen LogP contribution is -2.32. The zero-order valence-corrected chi connectivity index (χ0v) is 13.4. The van der Waals surface area contributed by atoms with Gasteiger partial charge in [0, 0.05) is 30.2 Å². The van der Waals surface area contributed by atoms with E-state index in [2.05, 4.69) is 42.2 Å². The van der Waals surface area contributed by atoms with Crippen LogP contribution in [0.4, 0.5) is 5.69 Å². The molecule has 0 aliphatic carbocycles. The van der Waals surface area contributed by atoms with Crippen molar-refractivity contribution in [3.05, 3.63) is 30.5 Å². The zero-order chi connectivity index (χ0) is 15.2. The first kappa shape index (κ1) is 15.6. The van der Waals surface area contributed by atoms with Crippen LogP contribution in [-0.2, 0) is 0 Å². The van der Waals surface area contributed by atoms with Crippen LogP contribution in [0.15, 0.2) is 30.5 Å². The molecule has 0 bridgehead atoms. The van der Waals surface area contributed by atoms with Crippen LogP contribution in [0.3, 0.4) is 0 Å². The second-order valence-electron chi connectivity index (χ2n) is 5.56. The summed E-state index contributed by atoms with van der Waals surface area (Å²) in [5.41, 5.74) is 2.02. The fourth-order valence-electron chi connectivity index (χ4n) is 2.64. The number of fused-ring (bicyclic) bond motifs is 1. The number of nitrogens with zero attached hydrogens (tertiary/aromatic N) is 2. The van der Waals surface area contributed by atoms with Gasteiger partial charge in [0.15, 0.2) is 0 Å². The molecule has 2 aromatic rings. The normalized spacial score (nSPS) is 12.6. The van der Waals surface area contributed by atoms with E-state index in [0.29, 0.717) is 6.04 Å². The lowest BCUT2D eigenvalue weighted by molar-refractivity contribution is 0.324. The van der Waals surface area contributed by atoms with Gasteiger partial charge < -0.3 is 15.0 Å². The van der Waals surface area contributed by atoms with Crippen LogP contribution in [-0.4, -0.2) is 43.2 Å². The molecule has 0 fully saturated rings. The van der Waals surface area contributed by atoms with Crippen LogP contribution in [0.5, 0.6) is 5.75 Å². The third-order valence-electron chi connectivity index (χ3n) is 3.51. The molecular weight excluding hydrogens is 262 g/mol. The number of nitrogens with one attached hydrogen (secondary N) is 1. The van der Waals surface area contributed by atoms with Crippen molar-refractivity contribution in [3.8, 4) is 5.75 Å². The van der Waals surface area contributed by atoms with Gasteiger partial charge in [0.2, 0.25) is 0 Å². The molecule has 114 valence electrons. The summed E-state index contributed by atoms with van der Waals surface area (Å²) >= 11 is 0. The molecule has 4 heteroatoms. The summed E-state index contributed by atoms with van der Waals surface area (Å²) in [4.78, 5) is 6.83. The average molecular weight is 287 g/mol. The monoisotopic (exact) mass is 287 g/mol. The highest BCUT2D eigenvalue weighted by molar-refractivity contribution is 5.91. The van der Waals surface area contributed by atoms with E-state index in [0.717, 1.165) is 35.4 Å². The van der Waals surface area contributed by atoms with E-state index in [1.165, 1.54) is 6.42 Å². The molecule has 0 saturated carbocycles. The minimum Gasteiger partial charge on any atom is -0.497 e. The summed E-state index contributed by atoms with van der Waals surface area (Å²) in [6.07, 6.45) is 3.00. The van der Waals surface area contributed by atoms with Gasteiger partial charge in [-0.05, 0) is 39.1 Å². The first-order valence-corrected chi connectivity index (χ1v) is 7.52. The van der Waals surface area contributed by atoms with Crippen LogP contribution in [0.25, 0.3) is 10.9 Å². The topological polar surface area (TPSA) is 37.4 Å². The smallest absolute Gasteiger partial charge is 0.121 e. The van der Waals surface area contributed by atoms with Gasteiger partial charge in [0.1, 0.15) is 5.75 Å². The molecule has 1 aromatic carbocycles. The number of hydrogen-bond donors (Lipinski definition) is 1. The molecule has 1 aromatic heterocycles. The Morgan fingerprint density at radius 1 is 1.38 bits per heavy atom. The van der Waals surface area contributed by atoms with Crippen LogP contribution < -0.4 is 10.1 Å². The van der Waals surface area contributed by atoms with Crippen molar-refractivity contribution < 1.29 is 4.74 Å². The summed E-state index contributed by atoms with van der Waals surface area (Å²) in [7, 11) is 3.85. The maximum absolute atomic E-state index is 5.39. The van der Waals surface area contributed by atoms with Gasteiger partial charge in [-0.3, -0.25) is 4.98 Å². The third kappa shape index (κ3) is 4.08. The number of hydrogen-bond acceptors (Lipinski definition) is 4. The molecule has 1 N–H and O–H groups in total. The molecule has 0 saturated heterocycles. The van der Waals surface area contributed by atoms with Gasteiger partial charge in [-0.25, -0.2) is 0 Å². The third-order valence-corrected chi connectivity index (χ3v) is 3.51.